The molecule has 0 spiro atoms. The minimum atomic E-state index is 0.0670. The van der Waals surface area contributed by atoms with Crippen LogP contribution in [0.5, 0.6) is 0 Å². The maximum atomic E-state index is 6.11. The summed E-state index contributed by atoms with van der Waals surface area (Å²) in [4.78, 5) is 0. The van der Waals surface area contributed by atoms with E-state index >= 15 is 0 Å². The van der Waals surface area contributed by atoms with Crippen molar-refractivity contribution >= 4 is 11.6 Å². The molecule has 2 atom stereocenters. The highest BCUT2D eigenvalue weighted by Gasteiger charge is 2.48. The second kappa shape index (κ2) is 3.10. The Kier molecular flexibility index (Phi) is 2.59. The lowest BCUT2D eigenvalue weighted by atomic mass is 10.00. The lowest BCUT2D eigenvalue weighted by molar-refractivity contribution is 0.280. The predicted octanol–water partition coefficient (Wildman–Crippen LogP) is 2.57. The fourth-order valence-electron chi connectivity index (χ4n) is 1.22. The molecule has 0 aromatic rings. The van der Waals surface area contributed by atoms with Crippen LogP contribution < -0.4 is 0 Å². The molecule has 0 aromatic carbocycles. The van der Waals surface area contributed by atoms with Gasteiger partial charge in [-0.1, -0.05) is 20.3 Å². The van der Waals surface area contributed by atoms with E-state index in [0.717, 1.165) is 25.9 Å². The van der Waals surface area contributed by atoms with Gasteiger partial charge < -0.3 is 4.74 Å². The quantitative estimate of drug-likeness (QED) is 0.457. The first-order valence-electron chi connectivity index (χ1n) is 4.03. The summed E-state index contributed by atoms with van der Waals surface area (Å²) in [6, 6.07) is 0. The maximum Gasteiger partial charge on any atom is 0.108 e. The van der Waals surface area contributed by atoms with Crippen molar-refractivity contribution in [1.29, 1.82) is 0 Å². The van der Waals surface area contributed by atoms with Crippen molar-refractivity contribution in [3.05, 3.63) is 0 Å². The van der Waals surface area contributed by atoms with Gasteiger partial charge in [0.05, 0.1) is 12.0 Å². The van der Waals surface area contributed by atoms with Crippen LogP contribution in [0, 0.1) is 0 Å². The number of halogens is 1. The second-order valence-corrected chi connectivity index (χ2v) is 3.49. The van der Waals surface area contributed by atoms with E-state index < -0.39 is 0 Å². The molecule has 1 aliphatic rings. The third kappa shape index (κ3) is 1.46. The number of hydrogen-bond acceptors (Lipinski definition) is 1. The highest BCUT2D eigenvalue weighted by molar-refractivity contribution is 6.21. The highest BCUT2D eigenvalue weighted by atomic mass is 35.5. The molecule has 2 heteroatoms. The van der Waals surface area contributed by atoms with Gasteiger partial charge in [0.15, 0.2) is 0 Å². The number of alkyl halides is 1. The van der Waals surface area contributed by atoms with Crippen molar-refractivity contribution in [2.45, 2.75) is 44.1 Å². The van der Waals surface area contributed by atoms with Crippen molar-refractivity contribution in [2.24, 2.45) is 0 Å². The van der Waals surface area contributed by atoms with Gasteiger partial charge in [-0.25, -0.2) is 0 Å². The smallest absolute Gasteiger partial charge is 0.108 e. The highest BCUT2D eigenvalue weighted by Crippen LogP contribution is 2.39. The van der Waals surface area contributed by atoms with E-state index in [1.807, 2.05) is 0 Å². The molecule has 60 valence electrons. The SMILES string of the molecule is CCC[C@H](Cl)[C@@]1(CC)CO1. The largest absolute Gasteiger partial charge is 0.368 e. The van der Waals surface area contributed by atoms with Crippen LogP contribution in [0.4, 0.5) is 0 Å². The summed E-state index contributed by atoms with van der Waals surface area (Å²) in [5, 5.41) is 0.238. The first kappa shape index (κ1) is 8.35. The Morgan fingerprint density at radius 2 is 2.20 bits per heavy atom. The fourth-order valence-corrected chi connectivity index (χ4v) is 1.71. The molecule has 0 bridgehead atoms. The van der Waals surface area contributed by atoms with E-state index in [9.17, 15) is 0 Å². The van der Waals surface area contributed by atoms with Crippen LogP contribution in [0.1, 0.15) is 33.1 Å². The molecule has 1 heterocycles. The van der Waals surface area contributed by atoms with Gasteiger partial charge in [-0.3, -0.25) is 0 Å². The Bertz CT molecular complexity index is 110. The first-order valence-corrected chi connectivity index (χ1v) is 4.47. The van der Waals surface area contributed by atoms with Gasteiger partial charge in [-0.2, -0.15) is 0 Å². The summed E-state index contributed by atoms with van der Waals surface area (Å²) in [6.07, 6.45) is 3.29. The van der Waals surface area contributed by atoms with Crippen LogP contribution >= 0.6 is 11.6 Å². The minimum absolute atomic E-state index is 0.0670. The minimum Gasteiger partial charge on any atom is -0.368 e. The zero-order valence-corrected chi connectivity index (χ0v) is 7.45. The van der Waals surface area contributed by atoms with Crippen molar-refractivity contribution in [3.63, 3.8) is 0 Å². The van der Waals surface area contributed by atoms with Crippen LogP contribution in [0.3, 0.4) is 0 Å². The molecule has 1 nitrogen and oxygen atoms in total. The summed E-state index contributed by atoms with van der Waals surface area (Å²) in [7, 11) is 0. The van der Waals surface area contributed by atoms with E-state index in [0.29, 0.717) is 0 Å². The fraction of sp³-hybridized carbons (Fsp3) is 1.00. The molecule has 0 aliphatic carbocycles. The van der Waals surface area contributed by atoms with Gasteiger partial charge in [0.1, 0.15) is 5.60 Å². The standard InChI is InChI=1S/C8H15ClO/c1-3-5-7(9)8(4-2)6-10-8/h7H,3-6H2,1-2H3/t7-,8+/m0/s1. The predicted molar refractivity (Wildman–Crippen MR) is 43.5 cm³/mol. The van der Waals surface area contributed by atoms with Crippen molar-refractivity contribution in [3.8, 4) is 0 Å². The number of epoxide rings is 1. The van der Waals surface area contributed by atoms with Crippen LogP contribution in [0.25, 0.3) is 0 Å². The summed E-state index contributed by atoms with van der Waals surface area (Å²) in [5.74, 6) is 0. The zero-order valence-electron chi connectivity index (χ0n) is 6.69. The molecule has 0 saturated carbocycles. The third-order valence-electron chi connectivity index (χ3n) is 2.23. The monoisotopic (exact) mass is 162 g/mol. The Hall–Kier alpha value is 0.250. The van der Waals surface area contributed by atoms with E-state index in [4.69, 9.17) is 16.3 Å². The lowest BCUT2D eigenvalue weighted by Gasteiger charge is -2.14. The molecule has 0 radical (unpaired) electrons. The molecule has 1 aliphatic heterocycles. The van der Waals surface area contributed by atoms with Gasteiger partial charge in [-0.05, 0) is 12.8 Å². The van der Waals surface area contributed by atoms with Crippen LogP contribution in [-0.2, 0) is 4.74 Å². The molecule has 1 saturated heterocycles. The van der Waals surface area contributed by atoms with Gasteiger partial charge in [-0.15, -0.1) is 11.6 Å². The maximum absolute atomic E-state index is 6.11. The molecule has 0 amide bonds. The Balaban J connectivity index is 2.32. The van der Waals surface area contributed by atoms with Crippen molar-refractivity contribution < 1.29 is 4.74 Å². The average molecular weight is 163 g/mol. The Morgan fingerprint density at radius 1 is 1.60 bits per heavy atom. The van der Waals surface area contributed by atoms with Gasteiger partial charge in [0.25, 0.3) is 0 Å². The van der Waals surface area contributed by atoms with Gasteiger partial charge in [0.2, 0.25) is 0 Å². The van der Waals surface area contributed by atoms with Crippen molar-refractivity contribution in [2.75, 3.05) is 6.61 Å². The second-order valence-electron chi connectivity index (χ2n) is 2.96. The van der Waals surface area contributed by atoms with Crippen molar-refractivity contribution in [1.82, 2.24) is 0 Å². The molecule has 0 unspecified atom stereocenters. The van der Waals surface area contributed by atoms with Crippen LogP contribution in [-0.4, -0.2) is 17.6 Å². The average Bonchev–Trinajstić information content (AvgIpc) is 2.68. The molecule has 0 aromatic heterocycles. The first-order chi connectivity index (χ1) is 4.75. The van der Waals surface area contributed by atoms with E-state index in [1.54, 1.807) is 0 Å². The number of ether oxygens (including phenoxy) is 1. The summed E-state index contributed by atoms with van der Waals surface area (Å²) in [6.45, 7) is 5.16. The summed E-state index contributed by atoms with van der Waals surface area (Å²) in [5.41, 5.74) is 0.0670. The third-order valence-corrected chi connectivity index (χ3v) is 2.84. The molecule has 1 fully saturated rings. The van der Waals surface area contributed by atoms with E-state index in [2.05, 4.69) is 13.8 Å². The van der Waals surface area contributed by atoms with Crippen LogP contribution in [0.2, 0.25) is 0 Å². The van der Waals surface area contributed by atoms with E-state index in [-0.39, 0.29) is 11.0 Å². The van der Waals surface area contributed by atoms with Gasteiger partial charge in [0, 0.05) is 0 Å². The Labute approximate surface area is 67.7 Å². The molecule has 0 N–H and O–H groups in total. The molecular weight excluding hydrogens is 148 g/mol. The summed E-state index contributed by atoms with van der Waals surface area (Å²) >= 11 is 6.11. The van der Waals surface area contributed by atoms with Gasteiger partial charge >= 0.3 is 0 Å². The normalized spacial score (nSPS) is 33.9. The summed E-state index contributed by atoms with van der Waals surface area (Å²) < 4.78 is 5.33. The lowest BCUT2D eigenvalue weighted by Crippen LogP contribution is -2.23. The number of rotatable bonds is 4. The zero-order chi connectivity index (χ0) is 7.61. The van der Waals surface area contributed by atoms with Crippen LogP contribution in [0.15, 0.2) is 0 Å². The number of hydrogen-bond donors (Lipinski definition) is 0. The molecular formula is C8H15ClO. The molecule has 1 rings (SSSR count). The van der Waals surface area contributed by atoms with E-state index in [1.165, 1.54) is 0 Å². The molecule has 10 heavy (non-hydrogen) atoms. The topological polar surface area (TPSA) is 12.5 Å². The Morgan fingerprint density at radius 3 is 2.50 bits per heavy atom.